The summed E-state index contributed by atoms with van der Waals surface area (Å²) in [5.74, 6) is 0. The third-order valence-corrected chi connectivity index (χ3v) is 2.58. The van der Waals surface area contributed by atoms with Crippen molar-refractivity contribution in [2.45, 2.75) is 0 Å². The summed E-state index contributed by atoms with van der Waals surface area (Å²) in [6.45, 7) is 7.52. The maximum absolute atomic E-state index is 6.06. The zero-order valence-corrected chi connectivity index (χ0v) is 8.43. The Balaban J connectivity index is 2.93. The molecule has 0 radical (unpaired) electrons. The first kappa shape index (κ1) is 9.10. The van der Waals surface area contributed by atoms with Gasteiger partial charge in [0.1, 0.15) is 0 Å². The molecule has 1 aromatic carbocycles. The first-order valence-electron chi connectivity index (χ1n) is 4.33. The summed E-state index contributed by atoms with van der Waals surface area (Å²) in [5, 5.41) is 1.81. The molecule has 1 nitrogen and oxygen atoms in total. The van der Waals surface area contributed by atoms with Gasteiger partial charge in [-0.1, -0.05) is 43.0 Å². The van der Waals surface area contributed by atoms with Gasteiger partial charge in [0.25, 0.3) is 0 Å². The van der Waals surface area contributed by atoms with E-state index in [-0.39, 0.29) is 0 Å². The number of nitrogens with one attached hydrogen (secondary N) is 1. The van der Waals surface area contributed by atoms with Crippen LogP contribution in [0, 0.1) is 0 Å². The van der Waals surface area contributed by atoms with Crippen LogP contribution in [0.2, 0.25) is 5.02 Å². The third kappa shape index (κ3) is 1.17. The molecule has 0 amide bonds. The fourth-order valence-electron chi connectivity index (χ4n) is 1.60. The van der Waals surface area contributed by atoms with Crippen LogP contribution in [-0.4, -0.2) is 4.98 Å². The molecule has 2 rings (SSSR count). The van der Waals surface area contributed by atoms with Gasteiger partial charge < -0.3 is 4.98 Å². The average Bonchev–Trinajstić information content (AvgIpc) is 2.57. The maximum Gasteiger partial charge on any atom is 0.0654 e. The van der Waals surface area contributed by atoms with Gasteiger partial charge in [0.05, 0.1) is 10.5 Å². The number of fused-ring (bicyclic) bond motifs is 1. The van der Waals surface area contributed by atoms with E-state index in [2.05, 4.69) is 18.1 Å². The van der Waals surface area contributed by atoms with E-state index in [4.69, 9.17) is 11.6 Å². The molecule has 0 bridgehead atoms. The fraction of sp³-hybridized carbons (Fsp3) is 0. The highest BCUT2D eigenvalue weighted by atomic mass is 35.5. The molecule has 2 aromatic rings. The Kier molecular flexibility index (Phi) is 2.18. The van der Waals surface area contributed by atoms with Crippen LogP contribution in [0.1, 0.15) is 11.3 Å². The Bertz CT molecular complexity index is 508. The van der Waals surface area contributed by atoms with Gasteiger partial charge in [0.2, 0.25) is 0 Å². The highest BCUT2D eigenvalue weighted by Crippen LogP contribution is 2.29. The lowest BCUT2D eigenvalue weighted by atomic mass is 10.1. The van der Waals surface area contributed by atoms with Crippen molar-refractivity contribution in [2.24, 2.45) is 0 Å². The topological polar surface area (TPSA) is 15.8 Å². The molecule has 0 atom stereocenters. The van der Waals surface area contributed by atoms with E-state index < -0.39 is 0 Å². The molecule has 0 aliphatic carbocycles. The van der Waals surface area contributed by atoms with Gasteiger partial charge in [-0.25, -0.2) is 0 Å². The van der Waals surface area contributed by atoms with Crippen molar-refractivity contribution in [1.82, 2.24) is 4.98 Å². The standard InChI is InChI=1S/C12H10ClN/c1-3-8-9-6-5-7-10(13)12(9)14-11(8)4-2/h3-7,14H,1-2H2. The number of halogens is 1. The molecule has 0 spiro atoms. The molecule has 0 aliphatic heterocycles. The number of para-hydroxylation sites is 1. The van der Waals surface area contributed by atoms with E-state index in [1.165, 1.54) is 0 Å². The van der Waals surface area contributed by atoms with Crippen LogP contribution in [0.3, 0.4) is 0 Å². The minimum Gasteiger partial charge on any atom is -0.353 e. The van der Waals surface area contributed by atoms with Gasteiger partial charge in [-0.2, -0.15) is 0 Å². The van der Waals surface area contributed by atoms with Gasteiger partial charge in [-0.05, 0) is 12.1 Å². The molecule has 14 heavy (non-hydrogen) atoms. The highest BCUT2D eigenvalue weighted by molar-refractivity contribution is 6.35. The first-order valence-corrected chi connectivity index (χ1v) is 4.70. The van der Waals surface area contributed by atoms with E-state index in [0.29, 0.717) is 0 Å². The lowest BCUT2D eigenvalue weighted by molar-refractivity contribution is 1.42. The van der Waals surface area contributed by atoms with Crippen molar-refractivity contribution in [2.75, 3.05) is 0 Å². The van der Waals surface area contributed by atoms with E-state index in [0.717, 1.165) is 27.2 Å². The van der Waals surface area contributed by atoms with Gasteiger partial charge in [0, 0.05) is 16.6 Å². The quantitative estimate of drug-likeness (QED) is 0.756. The summed E-state index contributed by atoms with van der Waals surface area (Å²) in [7, 11) is 0. The predicted octanol–water partition coefficient (Wildman–Crippen LogP) is 4.11. The summed E-state index contributed by atoms with van der Waals surface area (Å²) in [6.07, 6.45) is 3.58. The number of H-pyrrole nitrogens is 1. The van der Waals surface area contributed by atoms with Crippen molar-refractivity contribution in [3.63, 3.8) is 0 Å². The molecule has 1 N–H and O–H groups in total. The van der Waals surface area contributed by atoms with Crippen molar-refractivity contribution < 1.29 is 0 Å². The molecule has 70 valence electrons. The molecule has 0 saturated carbocycles. The number of aromatic amines is 1. The molecule has 0 fully saturated rings. The smallest absolute Gasteiger partial charge is 0.0654 e. The lowest BCUT2D eigenvalue weighted by Crippen LogP contribution is -1.72. The second kappa shape index (κ2) is 3.35. The van der Waals surface area contributed by atoms with E-state index in [9.17, 15) is 0 Å². The Morgan fingerprint density at radius 1 is 1.21 bits per heavy atom. The molecular weight excluding hydrogens is 194 g/mol. The van der Waals surface area contributed by atoms with Gasteiger partial charge in [-0.15, -0.1) is 0 Å². The summed E-state index contributed by atoms with van der Waals surface area (Å²) >= 11 is 6.06. The maximum atomic E-state index is 6.06. The van der Waals surface area contributed by atoms with Crippen LogP contribution in [-0.2, 0) is 0 Å². The number of hydrogen-bond acceptors (Lipinski definition) is 0. The Morgan fingerprint density at radius 2 is 2.00 bits per heavy atom. The summed E-state index contributed by atoms with van der Waals surface area (Å²) in [6, 6.07) is 5.81. The second-order valence-electron chi connectivity index (χ2n) is 3.02. The minimum atomic E-state index is 0.721. The van der Waals surface area contributed by atoms with Crippen LogP contribution in [0.15, 0.2) is 31.4 Å². The van der Waals surface area contributed by atoms with E-state index in [1.54, 1.807) is 6.08 Å². The molecule has 1 heterocycles. The van der Waals surface area contributed by atoms with Crippen LogP contribution in [0.5, 0.6) is 0 Å². The van der Waals surface area contributed by atoms with Crippen LogP contribution in [0.4, 0.5) is 0 Å². The number of benzene rings is 1. The molecule has 0 aliphatic rings. The Morgan fingerprint density at radius 3 is 2.64 bits per heavy atom. The zero-order valence-electron chi connectivity index (χ0n) is 7.68. The SMILES string of the molecule is C=Cc1[nH]c2c(Cl)cccc2c1C=C. The van der Waals surface area contributed by atoms with Crippen molar-refractivity contribution >= 4 is 34.7 Å². The molecule has 1 aromatic heterocycles. The van der Waals surface area contributed by atoms with Crippen molar-refractivity contribution in [1.29, 1.82) is 0 Å². The third-order valence-electron chi connectivity index (χ3n) is 2.26. The second-order valence-corrected chi connectivity index (χ2v) is 3.43. The highest BCUT2D eigenvalue weighted by Gasteiger charge is 2.07. The predicted molar refractivity (Wildman–Crippen MR) is 63.5 cm³/mol. The van der Waals surface area contributed by atoms with Gasteiger partial charge in [-0.3, -0.25) is 0 Å². The van der Waals surface area contributed by atoms with E-state index >= 15 is 0 Å². The summed E-state index contributed by atoms with van der Waals surface area (Å²) in [4.78, 5) is 3.21. The number of hydrogen-bond donors (Lipinski definition) is 1. The van der Waals surface area contributed by atoms with Gasteiger partial charge in [0.15, 0.2) is 0 Å². The lowest BCUT2D eigenvalue weighted by Gasteiger charge is -1.93. The summed E-state index contributed by atoms with van der Waals surface area (Å²) in [5.41, 5.74) is 2.96. The van der Waals surface area contributed by atoms with E-state index in [1.807, 2.05) is 24.3 Å². The van der Waals surface area contributed by atoms with Gasteiger partial charge >= 0.3 is 0 Å². The Hall–Kier alpha value is -1.47. The van der Waals surface area contributed by atoms with Crippen molar-refractivity contribution in [3.8, 4) is 0 Å². The first-order chi connectivity index (χ1) is 6.77. The number of aromatic nitrogens is 1. The largest absolute Gasteiger partial charge is 0.353 e. The fourth-order valence-corrected chi connectivity index (χ4v) is 1.83. The average molecular weight is 204 g/mol. The van der Waals surface area contributed by atoms with Crippen LogP contribution < -0.4 is 0 Å². The summed E-state index contributed by atoms with van der Waals surface area (Å²) < 4.78 is 0. The molecule has 2 heteroatoms. The van der Waals surface area contributed by atoms with Crippen LogP contribution in [0.25, 0.3) is 23.1 Å². The molecular formula is C12H10ClN. The number of rotatable bonds is 2. The normalized spacial score (nSPS) is 10.4. The molecule has 0 saturated heterocycles. The molecule has 0 unspecified atom stereocenters. The van der Waals surface area contributed by atoms with Crippen LogP contribution >= 0.6 is 11.6 Å². The van der Waals surface area contributed by atoms with Crippen molar-refractivity contribution in [3.05, 3.63) is 47.6 Å². The minimum absolute atomic E-state index is 0.721. The Labute approximate surface area is 87.7 Å². The zero-order chi connectivity index (χ0) is 10.1. The monoisotopic (exact) mass is 203 g/mol.